The van der Waals surface area contributed by atoms with Gasteiger partial charge in [-0.1, -0.05) is 37.3 Å². The molecule has 2 heteroatoms. The van der Waals surface area contributed by atoms with E-state index < -0.39 is 5.97 Å². The van der Waals surface area contributed by atoms with Crippen molar-refractivity contribution in [2.75, 3.05) is 0 Å². The molecule has 0 aromatic carbocycles. The molecule has 0 spiro atoms. The van der Waals surface area contributed by atoms with Gasteiger partial charge >= 0.3 is 5.97 Å². The zero-order chi connectivity index (χ0) is 8.53. The number of hydrogen-bond donors (Lipinski definition) is 1. The predicted octanol–water partition coefficient (Wildman–Crippen LogP) is 2.15. The van der Waals surface area contributed by atoms with Crippen molar-refractivity contribution in [1.82, 2.24) is 0 Å². The fraction of sp³-hybridized carbons (Fsp3) is 0.222. The Hall–Kier alpha value is -1.31. The second-order valence-electron chi connectivity index (χ2n) is 1.92. The summed E-state index contributed by atoms with van der Waals surface area (Å²) in [6.45, 7) is 2.04. The Morgan fingerprint density at radius 1 is 1.27 bits per heavy atom. The van der Waals surface area contributed by atoms with Gasteiger partial charge in [-0.25, -0.2) is 4.79 Å². The van der Waals surface area contributed by atoms with Crippen molar-refractivity contribution in [2.24, 2.45) is 0 Å². The molecule has 0 fully saturated rings. The zero-order valence-electron chi connectivity index (χ0n) is 6.53. The van der Waals surface area contributed by atoms with Crippen LogP contribution in [0.15, 0.2) is 36.5 Å². The van der Waals surface area contributed by atoms with Gasteiger partial charge in [0.15, 0.2) is 0 Å². The SMILES string of the molecule is CCC=C/C=C/C=C/C(=O)O. The van der Waals surface area contributed by atoms with Gasteiger partial charge in [0.2, 0.25) is 0 Å². The summed E-state index contributed by atoms with van der Waals surface area (Å²) in [5.41, 5.74) is 0. The highest BCUT2D eigenvalue weighted by molar-refractivity contribution is 5.80. The minimum absolute atomic E-state index is 0.922. The van der Waals surface area contributed by atoms with Crippen molar-refractivity contribution in [2.45, 2.75) is 13.3 Å². The number of carbonyl (C=O) groups is 1. The summed E-state index contributed by atoms with van der Waals surface area (Å²) in [4.78, 5) is 9.95. The molecule has 11 heavy (non-hydrogen) atoms. The number of carboxylic acid groups (broad SMARTS) is 1. The lowest BCUT2D eigenvalue weighted by molar-refractivity contribution is -0.131. The standard InChI is InChI=1S/C9H12O2/c1-2-3-4-5-6-7-8-9(10)11/h3-8H,2H2,1H3,(H,10,11)/b4-3?,6-5+,8-7+. The van der Waals surface area contributed by atoms with Gasteiger partial charge in [-0.2, -0.15) is 0 Å². The van der Waals surface area contributed by atoms with E-state index in [2.05, 4.69) is 0 Å². The number of aliphatic carboxylic acids is 1. The van der Waals surface area contributed by atoms with Crippen molar-refractivity contribution in [3.63, 3.8) is 0 Å². The fourth-order valence-corrected chi connectivity index (χ4v) is 0.481. The van der Waals surface area contributed by atoms with E-state index in [1.165, 1.54) is 6.08 Å². The van der Waals surface area contributed by atoms with Crippen LogP contribution in [-0.2, 0) is 4.79 Å². The van der Waals surface area contributed by atoms with Crippen LogP contribution in [0.3, 0.4) is 0 Å². The third-order valence-corrected chi connectivity index (χ3v) is 0.944. The molecule has 0 aliphatic heterocycles. The topological polar surface area (TPSA) is 37.3 Å². The van der Waals surface area contributed by atoms with Crippen molar-refractivity contribution < 1.29 is 9.90 Å². The summed E-state index contributed by atoms with van der Waals surface area (Å²) in [6, 6.07) is 0. The lowest BCUT2D eigenvalue weighted by atomic mass is 10.3. The largest absolute Gasteiger partial charge is 0.478 e. The summed E-state index contributed by atoms with van der Waals surface area (Å²) >= 11 is 0. The Morgan fingerprint density at radius 3 is 2.45 bits per heavy atom. The second-order valence-corrected chi connectivity index (χ2v) is 1.92. The molecule has 0 saturated heterocycles. The molecule has 0 bridgehead atoms. The molecule has 0 saturated carbocycles. The van der Waals surface area contributed by atoms with Gasteiger partial charge in [0, 0.05) is 6.08 Å². The highest BCUT2D eigenvalue weighted by Crippen LogP contribution is 1.82. The smallest absolute Gasteiger partial charge is 0.328 e. The molecule has 0 radical (unpaired) electrons. The molecule has 0 unspecified atom stereocenters. The Bertz CT molecular complexity index is 188. The highest BCUT2D eigenvalue weighted by Gasteiger charge is 1.78. The third kappa shape index (κ3) is 8.69. The van der Waals surface area contributed by atoms with Crippen molar-refractivity contribution in [1.29, 1.82) is 0 Å². The van der Waals surface area contributed by atoms with Gasteiger partial charge in [0.25, 0.3) is 0 Å². The number of rotatable bonds is 4. The van der Waals surface area contributed by atoms with Crippen LogP contribution >= 0.6 is 0 Å². The molecule has 0 rings (SSSR count). The van der Waals surface area contributed by atoms with E-state index in [4.69, 9.17) is 5.11 Å². The molecule has 0 aromatic heterocycles. The molecule has 0 atom stereocenters. The first-order valence-corrected chi connectivity index (χ1v) is 3.50. The second kappa shape index (κ2) is 6.81. The molecular formula is C9H12O2. The van der Waals surface area contributed by atoms with Crippen molar-refractivity contribution in [3.05, 3.63) is 36.5 Å². The molecule has 0 aliphatic carbocycles. The van der Waals surface area contributed by atoms with Crippen molar-refractivity contribution in [3.8, 4) is 0 Å². The summed E-state index contributed by atoms with van der Waals surface area (Å²) in [5.74, 6) is -0.922. The average Bonchev–Trinajstić information content (AvgIpc) is 1.96. The van der Waals surface area contributed by atoms with E-state index in [0.717, 1.165) is 12.5 Å². The van der Waals surface area contributed by atoms with Crippen LogP contribution in [0.4, 0.5) is 0 Å². The first-order chi connectivity index (χ1) is 5.27. The van der Waals surface area contributed by atoms with Gasteiger partial charge in [0.1, 0.15) is 0 Å². The third-order valence-electron chi connectivity index (χ3n) is 0.944. The molecule has 2 nitrogen and oxygen atoms in total. The molecule has 0 aromatic rings. The zero-order valence-corrected chi connectivity index (χ0v) is 6.53. The molecular weight excluding hydrogens is 140 g/mol. The van der Waals surface area contributed by atoms with Gasteiger partial charge < -0.3 is 5.11 Å². The summed E-state index contributed by atoms with van der Waals surface area (Å²) in [5, 5.41) is 8.18. The predicted molar refractivity (Wildman–Crippen MR) is 45.3 cm³/mol. The summed E-state index contributed by atoms with van der Waals surface area (Å²) in [7, 11) is 0. The van der Waals surface area contributed by atoms with Crippen LogP contribution in [0, 0.1) is 0 Å². The Kier molecular flexibility index (Phi) is 5.99. The maximum atomic E-state index is 9.95. The quantitative estimate of drug-likeness (QED) is 0.495. The first-order valence-electron chi connectivity index (χ1n) is 3.50. The van der Waals surface area contributed by atoms with Crippen LogP contribution in [0.25, 0.3) is 0 Å². The van der Waals surface area contributed by atoms with E-state index in [1.54, 1.807) is 12.2 Å². The number of allylic oxidation sites excluding steroid dienone is 5. The molecule has 1 N–H and O–H groups in total. The van der Waals surface area contributed by atoms with Crippen LogP contribution in [0.5, 0.6) is 0 Å². The van der Waals surface area contributed by atoms with E-state index in [9.17, 15) is 4.79 Å². The molecule has 0 amide bonds. The first kappa shape index (κ1) is 9.69. The number of hydrogen-bond acceptors (Lipinski definition) is 1. The van der Waals surface area contributed by atoms with E-state index in [0.29, 0.717) is 0 Å². The van der Waals surface area contributed by atoms with E-state index in [-0.39, 0.29) is 0 Å². The van der Waals surface area contributed by atoms with Crippen molar-refractivity contribution >= 4 is 5.97 Å². The maximum absolute atomic E-state index is 9.95. The monoisotopic (exact) mass is 152 g/mol. The summed E-state index contributed by atoms with van der Waals surface area (Å²) in [6.07, 6.45) is 10.9. The molecule has 0 heterocycles. The highest BCUT2D eigenvalue weighted by atomic mass is 16.4. The van der Waals surface area contributed by atoms with Crippen LogP contribution in [0.1, 0.15) is 13.3 Å². The van der Waals surface area contributed by atoms with E-state index in [1.807, 2.05) is 19.1 Å². The Morgan fingerprint density at radius 2 is 1.91 bits per heavy atom. The normalized spacial score (nSPS) is 12.1. The van der Waals surface area contributed by atoms with Crippen LogP contribution in [0.2, 0.25) is 0 Å². The van der Waals surface area contributed by atoms with Gasteiger partial charge in [-0.3, -0.25) is 0 Å². The number of carboxylic acids is 1. The van der Waals surface area contributed by atoms with Crippen LogP contribution < -0.4 is 0 Å². The van der Waals surface area contributed by atoms with Crippen LogP contribution in [-0.4, -0.2) is 11.1 Å². The van der Waals surface area contributed by atoms with Gasteiger partial charge in [0.05, 0.1) is 0 Å². The Labute approximate surface area is 66.5 Å². The minimum atomic E-state index is -0.922. The van der Waals surface area contributed by atoms with Gasteiger partial charge in [-0.15, -0.1) is 0 Å². The summed E-state index contributed by atoms with van der Waals surface area (Å²) < 4.78 is 0. The average molecular weight is 152 g/mol. The molecule has 0 aliphatic rings. The fourth-order valence-electron chi connectivity index (χ4n) is 0.481. The molecule has 60 valence electrons. The lowest BCUT2D eigenvalue weighted by Gasteiger charge is -1.75. The minimum Gasteiger partial charge on any atom is -0.478 e. The van der Waals surface area contributed by atoms with E-state index >= 15 is 0 Å². The maximum Gasteiger partial charge on any atom is 0.328 e. The lowest BCUT2D eigenvalue weighted by Crippen LogP contribution is -1.84. The van der Waals surface area contributed by atoms with Gasteiger partial charge in [-0.05, 0) is 6.42 Å². The Balaban J connectivity index is 3.60.